The van der Waals surface area contributed by atoms with Crippen molar-refractivity contribution >= 4 is 22.3 Å². The van der Waals surface area contributed by atoms with Gasteiger partial charge >= 0.3 is 0 Å². The standard InChI is InChI=1S/C17H24N4/c1-13(2)20-15-6-3-5-14-7-9-19-17(16(14)15)21-11-4-8-18-10-12-21/h3,5-7,9,13,18,20H,4,8,10-12H2,1-2H3. The number of anilines is 2. The van der Waals surface area contributed by atoms with Crippen molar-refractivity contribution in [3.63, 3.8) is 0 Å². The summed E-state index contributed by atoms with van der Waals surface area (Å²) in [6, 6.07) is 8.95. The molecule has 1 aromatic heterocycles. The van der Waals surface area contributed by atoms with Gasteiger partial charge in [0.05, 0.1) is 0 Å². The summed E-state index contributed by atoms with van der Waals surface area (Å²) in [7, 11) is 0. The average molecular weight is 284 g/mol. The molecule has 112 valence electrons. The smallest absolute Gasteiger partial charge is 0.138 e. The van der Waals surface area contributed by atoms with E-state index in [1.165, 1.54) is 16.5 Å². The van der Waals surface area contributed by atoms with Crippen molar-refractivity contribution in [2.45, 2.75) is 26.3 Å². The van der Waals surface area contributed by atoms with Crippen LogP contribution in [0.2, 0.25) is 0 Å². The summed E-state index contributed by atoms with van der Waals surface area (Å²) in [5.74, 6) is 1.11. The fourth-order valence-electron chi connectivity index (χ4n) is 2.94. The van der Waals surface area contributed by atoms with Gasteiger partial charge in [0, 0.05) is 42.9 Å². The maximum atomic E-state index is 4.70. The molecule has 0 spiro atoms. The summed E-state index contributed by atoms with van der Waals surface area (Å²) in [5, 5.41) is 9.52. The van der Waals surface area contributed by atoms with Crippen LogP contribution in [0.1, 0.15) is 20.3 Å². The first-order valence-electron chi connectivity index (χ1n) is 7.85. The van der Waals surface area contributed by atoms with Gasteiger partial charge in [0.2, 0.25) is 0 Å². The Morgan fingerprint density at radius 1 is 1.19 bits per heavy atom. The molecular formula is C17H24N4. The fourth-order valence-corrected chi connectivity index (χ4v) is 2.94. The molecule has 4 nitrogen and oxygen atoms in total. The maximum absolute atomic E-state index is 4.70. The van der Waals surface area contributed by atoms with E-state index in [1.807, 2.05) is 6.20 Å². The molecular weight excluding hydrogens is 260 g/mol. The van der Waals surface area contributed by atoms with Gasteiger partial charge in [-0.15, -0.1) is 0 Å². The minimum Gasteiger partial charge on any atom is -0.382 e. The Bertz CT molecular complexity index is 596. The third kappa shape index (κ3) is 3.10. The van der Waals surface area contributed by atoms with Crippen LogP contribution in [0.5, 0.6) is 0 Å². The Labute approximate surface area is 126 Å². The molecule has 1 aliphatic rings. The summed E-state index contributed by atoms with van der Waals surface area (Å²) >= 11 is 0. The summed E-state index contributed by atoms with van der Waals surface area (Å²) in [6.07, 6.45) is 3.09. The molecule has 2 aromatic rings. The predicted molar refractivity (Wildman–Crippen MR) is 90.2 cm³/mol. The lowest BCUT2D eigenvalue weighted by Gasteiger charge is -2.24. The minimum absolute atomic E-state index is 0.412. The molecule has 0 aliphatic carbocycles. The SMILES string of the molecule is CC(C)Nc1cccc2ccnc(N3CCCNCC3)c12. The van der Waals surface area contributed by atoms with Crippen LogP contribution in [0.25, 0.3) is 10.8 Å². The van der Waals surface area contributed by atoms with Crippen molar-refractivity contribution in [1.82, 2.24) is 10.3 Å². The zero-order chi connectivity index (χ0) is 14.7. The summed E-state index contributed by atoms with van der Waals surface area (Å²) in [6.45, 7) is 8.54. The van der Waals surface area contributed by atoms with E-state index < -0.39 is 0 Å². The second-order valence-electron chi connectivity index (χ2n) is 5.93. The van der Waals surface area contributed by atoms with Gasteiger partial charge in [0.15, 0.2) is 0 Å². The van der Waals surface area contributed by atoms with Crippen molar-refractivity contribution < 1.29 is 0 Å². The van der Waals surface area contributed by atoms with Gasteiger partial charge in [0.1, 0.15) is 5.82 Å². The predicted octanol–water partition coefficient (Wildman–Crippen LogP) is 2.85. The van der Waals surface area contributed by atoms with Crippen LogP contribution < -0.4 is 15.5 Å². The highest BCUT2D eigenvalue weighted by Gasteiger charge is 2.16. The van der Waals surface area contributed by atoms with E-state index in [4.69, 9.17) is 4.98 Å². The molecule has 4 heteroatoms. The highest BCUT2D eigenvalue weighted by molar-refractivity contribution is 6.01. The Hall–Kier alpha value is -1.81. The first-order valence-corrected chi connectivity index (χ1v) is 7.85. The molecule has 1 aliphatic heterocycles. The molecule has 1 aromatic carbocycles. The Kier molecular flexibility index (Phi) is 4.25. The van der Waals surface area contributed by atoms with Crippen molar-refractivity contribution in [3.05, 3.63) is 30.5 Å². The summed E-state index contributed by atoms with van der Waals surface area (Å²) in [5.41, 5.74) is 1.18. The van der Waals surface area contributed by atoms with Crippen LogP contribution in [-0.2, 0) is 0 Å². The molecule has 2 heterocycles. The van der Waals surface area contributed by atoms with Crippen molar-refractivity contribution in [1.29, 1.82) is 0 Å². The van der Waals surface area contributed by atoms with Crippen molar-refractivity contribution in [3.8, 4) is 0 Å². The number of hydrogen-bond acceptors (Lipinski definition) is 4. The number of hydrogen-bond donors (Lipinski definition) is 2. The van der Waals surface area contributed by atoms with Gasteiger partial charge in [-0.2, -0.15) is 0 Å². The van der Waals surface area contributed by atoms with Crippen LogP contribution in [-0.4, -0.2) is 37.2 Å². The molecule has 21 heavy (non-hydrogen) atoms. The van der Waals surface area contributed by atoms with Gasteiger partial charge in [-0.1, -0.05) is 12.1 Å². The topological polar surface area (TPSA) is 40.2 Å². The second-order valence-corrected chi connectivity index (χ2v) is 5.93. The summed E-state index contributed by atoms with van der Waals surface area (Å²) in [4.78, 5) is 7.11. The molecule has 0 bridgehead atoms. The summed E-state index contributed by atoms with van der Waals surface area (Å²) < 4.78 is 0. The molecule has 0 radical (unpaired) electrons. The van der Waals surface area contributed by atoms with Crippen molar-refractivity contribution in [2.75, 3.05) is 36.4 Å². The van der Waals surface area contributed by atoms with Gasteiger partial charge < -0.3 is 15.5 Å². The van der Waals surface area contributed by atoms with E-state index in [0.717, 1.165) is 38.4 Å². The van der Waals surface area contributed by atoms with Crippen LogP contribution in [0.3, 0.4) is 0 Å². The zero-order valence-corrected chi connectivity index (χ0v) is 12.9. The van der Waals surface area contributed by atoms with E-state index in [-0.39, 0.29) is 0 Å². The van der Waals surface area contributed by atoms with E-state index in [9.17, 15) is 0 Å². The van der Waals surface area contributed by atoms with Crippen LogP contribution >= 0.6 is 0 Å². The molecule has 1 fully saturated rings. The average Bonchev–Trinajstić information content (AvgIpc) is 2.75. The normalized spacial score (nSPS) is 16.2. The Morgan fingerprint density at radius 2 is 2.10 bits per heavy atom. The third-order valence-electron chi connectivity index (χ3n) is 3.86. The Balaban J connectivity index is 2.08. The minimum atomic E-state index is 0.412. The number of nitrogens with zero attached hydrogens (tertiary/aromatic N) is 2. The van der Waals surface area contributed by atoms with Gasteiger partial charge in [-0.25, -0.2) is 4.98 Å². The first-order chi connectivity index (χ1) is 10.3. The number of rotatable bonds is 3. The quantitative estimate of drug-likeness (QED) is 0.909. The lowest BCUT2D eigenvalue weighted by Crippen LogP contribution is -2.29. The van der Waals surface area contributed by atoms with Gasteiger partial charge in [-0.05, 0) is 44.3 Å². The fraction of sp³-hybridized carbons (Fsp3) is 0.471. The number of aromatic nitrogens is 1. The van der Waals surface area contributed by atoms with Crippen molar-refractivity contribution in [2.24, 2.45) is 0 Å². The molecule has 2 N–H and O–H groups in total. The Morgan fingerprint density at radius 3 is 2.95 bits per heavy atom. The monoisotopic (exact) mass is 284 g/mol. The highest BCUT2D eigenvalue weighted by atomic mass is 15.2. The lowest BCUT2D eigenvalue weighted by atomic mass is 10.1. The van der Waals surface area contributed by atoms with E-state index in [1.54, 1.807) is 0 Å². The lowest BCUT2D eigenvalue weighted by molar-refractivity contribution is 0.724. The van der Waals surface area contributed by atoms with Crippen LogP contribution in [0.4, 0.5) is 11.5 Å². The number of nitrogens with one attached hydrogen (secondary N) is 2. The number of pyridine rings is 1. The molecule has 0 amide bonds. The van der Waals surface area contributed by atoms with Crippen LogP contribution in [0, 0.1) is 0 Å². The molecule has 0 atom stereocenters. The van der Waals surface area contributed by atoms with Gasteiger partial charge in [-0.3, -0.25) is 0 Å². The molecule has 3 rings (SSSR count). The largest absolute Gasteiger partial charge is 0.382 e. The van der Waals surface area contributed by atoms with Crippen LogP contribution in [0.15, 0.2) is 30.5 Å². The van der Waals surface area contributed by atoms with E-state index >= 15 is 0 Å². The first kappa shape index (κ1) is 14.1. The molecule has 0 unspecified atom stereocenters. The van der Waals surface area contributed by atoms with Gasteiger partial charge in [0.25, 0.3) is 0 Å². The molecule has 1 saturated heterocycles. The number of benzene rings is 1. The van der Waals surface area contributed by atoms with E-state index in [2.05, 4.69) is 53.6 Å². The zero-order valence-electron chi connectivity index (χ0n) is 12.9. The maximum Gasteiger partial charge on any atom is 0.138 e. The van der Waals surface area contributed by atoms with E-state index in [0.29, 0.717) is 6.04 Å². The highest BCUT2D eigenvalue weighted by Crippen LogP contribution is 2.32. The second kappa shape index (κ2) is 6.31. The number of fused-ring (bicyclic) bond motifs is 1. The molecule has 0 saturated carbocycles. The third-order valence-corrected chi connectivity index (χ3v) is 3.86.